The molecule has 1 fully saturated rings. The second-order valence-corrected chi connectivity index (χ2v) is 5.58. The van der Waals surface area contributed by atoms with Crippen molar-refractivity contribution in [2.45, 2.75) is 19.1 Å². The molecule has 0 spiro atoms. The van der Waals surface area contributed by atoms with E-state index in [-0.39, 0.29) is 12.1 Å². The lowest BCUT2D eigenvalue weighted by atomic mass is 9.97. The minimum atomic E-state index is -0.556. The van der Waals surface area contributed by atoms with Gasteiger partial charge in [0.25, 0.3) is 0 Å². The van der Waals surface area contributed by atoms with Gasteiger partial charge in [0.2, 0.25) is 0 Å². The summed E-state index contributed by atoms with van der Waals surface area (Å²) in [6.45, 7) is 5.33. The molecule has 3 rings (SSSR count). The van der Waals surface area contributed by atoms with Crippen molar-refractivity contribution in [2.24, 2.45) is 0 Å². The number of rotatable bonds is 2. The molecule has 0 aliphatic carbocycles. The van der Waals surface area contributed by atoms with Crippen molar-refractivity contribution in [3.8, 4) is 5.75 Å². The maximum atomic E-state index is 11.7. The number of hydrogen-bond donors (Lipinski definition) is 1. The molecule has 1 N–H and O–H groups in total. The van der Waals surface area contributed by atoms with E-state index in [1.165, 1.54) is 0 Å². The zero-order valence-corrected chi connectivity index (χ0v) is 12.8. The molecule has 22 heavy (non-hydrogen) atoms. The molecular formula is C16H22N2O4. The van der Waals surface area contributed by atoms with Crippen molar-refractivity contribution in [3.63, 3.8) is 0 Å². The predicted molar refractivity (Wildman–Crippen MR) is 80.9 cm³/mol. The molecule has 2 heterocycles. The van der Waals surface area contributed by atoms with Crippen LogP contribution >= 0.6 is 0 Å². The van der Waals surface area contributed by atoms with E-state index < -0.39 is 6.10 Å². The number of benzene rings is 1. The minimum absolute atomic E-state index is 0.0701. The zero-order chi connectivity index (χ0) is 15.5. The maximum Gasteiger partial charge on any atom is 0.409 e. The number of amides is 1. The molecule has 2 atom stereocenters. The van der Waals surface area contributed by atoms with Crippen LogP contribution in [0, 0.1) is 0 Å². The third-order valence-electron chi connectivity index (χ3n) is 4.32. The summed E-state index contributed by atoms with van der Waals surface area (Å²) in [7, 11) is 0. The second kappa shape index (κ2) is 6.54. The van der Waals surface area contributed by atoms with Crippen molar-refractivity contribution in [2.75, 3.05) is 39.4 Å². The second-order valence-electron chi connectivity index (χ2n) is 5.58. The van der Waals surface area contributed by atoms with Gasteiger partial charge in [0, 0.05) is 31.7 Å². The van der Waals surface area contributed by atoms with Crippen LogP contribution in [-0.2, 0) is 4.74 Å². The molecule has 2 aliphatic rings. The lowest BCUT2D eigenvalue weighted by Gasteiger charge is -2.42. The van der Waals surface area contributed by atoms with Gasteiger partial charge in [0.1, 0.15) is 18.5 Å². The van der Waals surface area contributed by atoms with Crippen LogP contribution in [0.4, 0.5) is 4.79 Å². The molecule has 6 nitrogen and oxygen atoms in total. The molecule has 0 saturated carbocycles. The smallest absolute Gasteiger partial charge is 0.409 e. The Balaban J connectivity index is 1.62. The molecule has 2 unspecified atom stereocenters. The van der Waals surface area contributed by atoms with Crippen LogP contribution < -0.4 is 4.74 Å². The third kappa shape index (κ3) is 2.89. The lowest BCUT2D eigenvalue weighted by molar-refractivity contribution is -0.0167. The Labute approximate surface area is 130 Å². The van der Waals surface area contributed by atoms with Crippen molar-refractivity contribution in [3.05, 3.63) is 29.8 Å². The van der Waals surface area contributed by atoms with E-state index in [1.807, 2.05) is 24.3 Å². The van der Waals surface area contributed by atoms with Crippen LogP contribution in [-0.4, -0.2) is 66.4 Å². The summed E-state index contributed by atoms with van der Waals surface area (Å²) in [4.78, 5) is 15.6. The molecule has 0 aromatic heterocycles. The Morgan fingerprint density at radius 1 is 1.32 bits per heavy atom. The lowest BCUT2D eigenvalue weighted by Crippen LogP contribution is -2.55. The van der Waals surface area contributed by atoms with E-state index in [2.05, 4.69) is 4.90 Å². The van der Waals surface area contributed by atoms with Crippen molar-refractivity contribution >= 4 is 6.09 Å². The van der Waals surface area contributed by atoms with E-state index in [1.54, 1.807) is 11.8 Å². The fourth-order valence-corrected chi connectivity index (χ4v) is 3.09. The quantitative estimate of drug-likeness (QED) is 0.891. The highest BCUT2D eigenvalue weighted by molar-refractivity contribution is 5.67. The number of nitrogens with zero attached hydrogens (tertiary/aromatic N) is 2. The molecule has 6 heteroatoms. The highest BCUT2D eigenvalue weighted by Crippen LogP contribution is 2.34. The van der Waals surface area contributed by atoms with Gasteiger partial charge in [-0.25, -0.2) is 4.79 Å². The molecule has 1 amide bonds. The SMILES string of the molecule is CCOC(=O)N1CCN(C2COc3ccccc3C2O)CC1. The van der Waals surface area contributed by atoms with Crippen LogP contribution in [0.1, 0.15) is 18.6 Å². The molecule has 1 aromatic carbocycles. The van der Waals surface area contributed by atoms with Crippen molar-refractivity contribution in [1.82, 2.24) is 9.80 Å². The topological polar surface area (TPSA) is 62.2 Å². The summed E-state index contributed by atoms with van der Waals surface area (Å²) in [6, 6.07) is 7.53. The Hall–Kier alpha value is -1.79. The van der Waals surface area contributed by atoms with Crippen LogP contribution in [0.15, 0.2) is 24.3 Å². The summed E-state index contributed by atoms with van der Waals surface area (Å²) in [5.41, 5.74) is 0.839. The monoisotopic (exact) mass is 306 g/mol. The number of aliphatic hydroxyl groups is 1. The van der Waals surface area contributed by atoms with Gasteiger partial charge in [0.15, 0.2) is 0 Å². The van der Waals surface area contributed by atoms with Crippen molar-refractivity contribution < 1.29 is 19.4 Å². The number of ether oxygens (including phenoxy) is 2. The molecule has 1 saturated heterocycles. The third-order valence-corrected chi connectivity index (χ3v) is 4.32. The van der Waals surface area contributed by atoms with Gasteiger partial charge in [-0.2, -0.15) is 0 Å². The normalized spacial score (nSPS) is 25.3. The molecule has 0 bridgehead atoms. The number of para-hydroxylation sites is 1. The first-order chi connectivity index (χ1) is 10.7. The van der Waals surface area contributed by atoms with Gasteiger partial charge >= 0.3 is 6.09 Å². The van der Waals surface area contributed by atoms with Crippen LogP contribution in [0.5, 0.6) is 5.75 Å². The van der Waals surface area contributed by atoms with E-state index in [0.29, 0.717) is 39.4 Å². The van der Waals surface area contributed by atoms with Gasteiger partial charge < -0.3 is 19.5 Å². The molecule has 2 aliphatic heterocycles. The van der Waals surface area contributed by atoms with Crippen LogP contribution in [0.25, 0.3) is 0 Å². The molecular weight excluding hydrogens is 284 g/mol. The summed E-state index contributed by atoms with van der Waals surface area (Å²) in [6.07, 6.45) is -0.813. The largest absolute Gasteiger partial charge is 0.491 e. The number of fused-ring (bicyclic) bond motifs is 1. The minimum Gasteiger partial charge on any atom is -0.491 e. The Bertz CT molecular complexity index is 529. The van der Waals surface area contributed by atoms with Gasteiger partial charge in [-0.05, 0) is 13.0 Å². The van der Waals surface area contributed by atoms with Gasteiger partial charge in [0.05, 0.1) is 12.6 Å². The zero-order valence-electron chi connectivity index (χ0n) is 12.8. The Morgan fingerprint density at radius 2 is 2.05 bits per heavy atom. The molecule has 120 valence electrons. The Morgan fingerprint density at radius 3 is 2.77 bits per heavy atom. The standard InChI is InChI=1S/C16H22N2O4/c1-2-21-16(20)18-9-7-17(8-10-18)13-11-22-14-6-4-3-5-12(14)15(13)19/h3-6,13,15,19H,2,7-11H2,1H3. The molecule has 1 aromatic rings. The van der Waals surface area contributed by atoms with Gasteiger partial charge in [-0.3, -0.25) is 4.90 Å². The molecule has 0 radical (unpaired) electrons. The summed E-state index contributed by atoms with van der Waals surface area (Å²) in [5.74, 6) is 0.761. The first-order valence-electron chi connectivity index (χ1n) is 7.76. The van der Waals surface area contributed by atoms with Gasteiger partial charge in [-0.1, -0.05) is 18.2 Å². The van der Waals surface area contributed by atoms with E-state index in [4.69, 9.17) is 9.47 Å². The summed E-state index contributed by atoms with van der Waals surface area (Å²) in [5, 5.41) is 10.6. The maximum absolute atomic E-state index is 11.7. The van der Waals surface area contributed by atoms with E-state index in [0.717, 1.165) is 11.3 Å². The predicted octanol–water partition coefficient (Wildman–Crippen LogP) is 1.26. The fourth-order valence-electron chi connectivity index (χ4n) is 3.09. The highest BCUT2D eigenvalue weighted by Gasteiger charge is 2.35. The summed E-state index contributed by atoms with van der Waals surface area (Å²) < 4.78 is 10.8. The first-order valence-corrected chi connectivity index (χ1v) is 7.76. The summed E-state index contributed by atoms with van der Waals surface area (Å²) >= 11 is 0. The fraction of sp³-hybridized carbons (Fsp3) is 0.562. The van der Waals surface area contributed by atoms with Crippen LogP contribution in [0.2, 0.25) is 0 Å². The number of carbonyl (C=O) groups excluding carboxylic acids is 1. The number of hydrogen-bond acceptors (Lipinski definition) is 5. The van der Waals surface area contributed by atoms with Crippen molar-refractivity contribution in [1.29, 1.82) is 0 Å². The number of aliphatic hydroxyl groups excluding tert-OH is 1. The van der Waals surface area contributed by atoms with Gasteiger partial charge in [-0.15, -0.1) is 0 Å². The van der Waals surface area contributed by atoms with E-state index >= 15 is 0 Å². The number of carbonyl (C=O) groups is 1. The van der Waals surface area contributed by atoms with Crippen LogP contribution in [0.3, 0.4) is 0 Å². The number of piperazine rings is 1. The Kier molecular flexibility index (Phi) is 4.49. The average Bonchev–Trinajstić information content (AvgIpc) is 2.56. The van der Waals surface area contributed by atoms with E-state index in [9.17, 15) is 9.90 Å². The first kappa shape index (κ1) is 15.1. The highest BCUT2D eigenvalue weighted by atomic mass is 16.6. The average molecular weight is 306 g/mol.